The Morgan fingerprint density at radius 1 is 1.16 bits per heavy atom. The molecule has 214 valence electrons. The summed E-state index contributed by atoms with van der Waals surface area (Å²) in [6, 6.07) is 0. The highest BCUT2D eigenvalue weighted by Gasteiger charge is 2.27. The van der Waals surface area contributed by atoms with Crippen LogP contribution in [0, 0.1) is 5.92 Å². The SMILES string of the molecule is C/C=C\C(=C/C)OC1(C)C=C(C(O)NC/C=C\C/C=C/CCCOCCCC(CC)C(=O)OCC)C=CC1. The number of carbonyl (C=O) groups is 1. The van der Waals surface area contributed by atoms with E-state index in [1.54, 1.807) is 0 Å². The Morgan fingerprint density at radius 3 is 2.63 bits per heavy atom. The summed E-state index contributed by atoms with van der Waals surface area (Å²) in [5, 5.41) is 13.7. The zero-order chi connectivity index (χ0) is 28.1. The van der Waals surface area contributed by atoms with Gasteiger partial charge in [0.25, 0.3) is 0 Å². The van der Waals surface area contributed by atoms with Crippen LogP contribution in [0.4, 0.5) is 0 Å². The lowest BCUT2D eigenvalue weighted by Gasteiger charge is -2.31. The molecule has 0 bridgehead atoms. The Bertz CT molecular complexity index is 839. The van der Waals surface area contributed by atoms with Crippen molar-refractivity contribution in [1.29, 1.82) is 0 Å². The second kappa shape index (κ2) is 20.5. The van der Waals surface area contributed by atoms with Crippen molar-refractivity contribution in [2.75, 3.05) is 26.4 Å². The van der Waals surface area contributed by atoms with Gasteiger partial charge in [0, 0.05) is 26.2 Å². The van der Waals surface area contributed by atoms with E-state index in [0.717, 1.165) is 62.9 Å². The van der Waals surface area contributed by atoms with Crippen molar-refractivity contribution in [1.82, 2.24) is 5.32 Å². The molecule has 0 saturated heterocycles. The predicted octanol–water partition coefficient (Wildman–Crippen LogP) is 6.70. The van der Waals surface area contributed by atoms with Crippen molar-refractivity contribution in [3.05, 3.63) is 72.1 Å². The number of aliphatic hydroxyl groups excluding tert-OH is 1. The van der Waals surface area contributed by atoms with Crippen molar-refractivity contribution in [3.63, 3.8) is 0 Å². The molecule has 38 heavy (non-hydrogen) atoms. The summed E-state index contributed by atoms with van der Waals surface area (Å²) >= 11 is 0. The van der Waals surface area contributed by atoms with E-state index < -0.39 is 11.8 Å². The second-order valence-electron chi connectivity index (χ2n) is 9.60. The summed E-state index contributed by atoms with van der Waals surface area (Å²) in [7, 11) is 0. The number of rotatable bonds is 20. The third kappa shape index (κ3) is 14.5. The minimum Gasteiger partial charge on any atom is -0.484 e. The molecular weight excluding hydrogens is 478 g/mol. The third-order valence-corrected chi connectivity index (χ3v) is 6.24. The van der Waals surface area contributed by atoms with Gasteiger partial charge in [-0.25, -0.2) is 0 Å². The van der Waals surface area contributed by atoms with Crippen LogP contribution in [0.1, 0.15) is 79.6 Å². The Balaban J connectivity index is 2.18. The average molecular weight is 530 g/mol. The molecule has 0 aromatic heterocycles. The fourth-order valence-corrected chi connectivity index (χ4v) is 4.11. The summed E-state index contributed by atoms with van der Waals surface area (Å²) in [4.78, 5) is 11.8. The van der Waals surface area contributed by atoms with Crippen LogP contribution in [-0.2, 0) is 19.0 Å². The zero-order valence-electron chi connectivity index (χ0n) is 24.3. The van der Waals surface area contributed by atoms with E-state index in [9.17, 15) is 9.90 Å². The first-order valence-corrected chi connectivity index (χ1v) is 14.2. The van der Waals surface area contributed by atoms with Gasteiger partial charge in [-0.2, -0.15) is 0 Å². The molecule has 0 aromatic carbocycles. The summed E-state index contributed by atoms with van der Waals surface area (Å²) in [5.74, 6) is 0.724. The van der Waals surface area contributed by atoms with Gasteiger partial charge < -0.3 is 19.3 Å². The van der Waals surface area contributed by atoms with Crippen LogP contribution in [0.25, 0.3) is 0 Å². The molecule has 1 aliphatic rings. The maximum atomic E-state index is 11.8. The molecule has 0 heterocycles. The summed E-state index contributed by atoms with van der Waals surface area (Å²) in [6.07, 6.45) is 25.6. The first-order valence-electron chi connectivity index (χ1n) is 14.2. The van der Waals surface area contributed by atoms with Gasteiger partial charge in [-0.1, -0.05) is 49.5 Å². The molecule has 6 nitrogen and oxygen atoms in total. The molecule has 0 aliphatic heterocycles. The highest BCUT2D eigenvalue weighted by molar-refractivity contribution is 5.72. The van der Waals surface area contributed by atoms with Gasteiger partial charge in [0.2, 0.25) is 0 Å². The van der Waals surface area contributed by atoms with Gasteiger partial charge in [0.15, 0.2) is 0 Å². The second-order valence-corrected chi connectivity index (χ2v) is 9.60. The van der Waals surface area contributed by atoms with E-state index in [4.69, 9.17) is 14.2 Å². The van der Waals surface area contributed by atoms with Gasteiger partial charge in [0.1, 0.15) is 17.6 Å². The molecule has 0 radical (unpaired) electrons. The molecule has 0 fully saturated rings. The van der Waals surface area contributed by atoms with Gasteiger partial charge in [-0.15, -0.1) is 0 Å². The van der Waals surface area contributed by atoms with E-state index in [1.165, 1.54) is 0 Å². The van der Waals surface area contributed by atoms with Gasteiger partial charge in [0.05, 0.1) is 12.5 Å². The standard InChI is InChI=1S/C32H51NO5/c1-6-19-29(8-3)38-32(5)22-17-20-28(26-32)30(34)33-23-15-13-11-10-12-14-16-24-36-25-18-21-27(7-2)31(35)37-9-4/h6,8,10,12-13,15,17,19-20,26-27,30,33-34H,7,9,11,14,16,18,21-25H2,1-5H3/b12-10+,15-13-,19-6-,29-8+. The number of ether oxygens (including phenoxy) is 3. The normalized spacial score (nSPS) is 19.8. The number of esters is 1. The van der Waals surface area contributed by atoms with E-state index in [-0.39, 0.29) is 11.9 Å². The zero-order valence-corrected chi connectivity index (χ0v) is 24.3. The lowest BCUT2D eigenvalue weighted by atomic mass is 9.92. The van der Waals surface area contributed by atoms with Crippen LogP contribution in [0.2, 0.25) is 0 Å². The minimum atomic E-state index is -0.747. The first kappa shape index (κ1) is 33.6. The predicted molar refractivity (Wildman–Crippen MR) is 157 cm³/mol. The number of allylic oxidation sites excluding steroid dienone is 6. The maximum Gasteiger partial charge on any atom is 0.308 e. The largest absolute Gasteiger partial charge is 0.484 e. The Morgan fingerprint density at radius 2 is 1.92 bits per heavy atom. The molecule has 0 spiro atoms. The van der Waals surface area contributed by atoms with Crippen molar-refractivity contribution >= 4 is 5.97 Å². The molecule has 2 N–H and O–H groups in total. The van der Waals surface area contributed by atoms with E-state index in [2.05, 4.69) is 23.5 Å². The molecule has 0 saturated carbocycles. The number of unbranched alkanes of at least 4 members (excludes halogenated alkanes) is 1. The molecule has 1 rings (SSSR count). The fraction of sp³-hybridized carbons (Fsp3) is 0.594. The number of aliphatic hydroxyl groups is 1. The van der Waals surface area contributed by atoms with Crippen molar-refractivity contribution in [2.24, 2.45) is 5.92 Å². The highest BCUT2D eigenvalue weighted by Crippen LogP contribution is 2.28. The van der Waals surface area contributed by atoms with E-state index in [1.807, 2.05) is 77.2 Å². The highest BCUT2D eigenvalue weighted by atomic mass is 16.5. The van der Waals surface area contributed by atoms with Crippen LogP contribution in [0.15, 0.2) is 72.1 Å². The summed E-state index contributed by atoms with van der Waals surface area (Å²) < 4.78 is 17.0. The van der Waals surface area contributed by atoms with Crippen LogP contribution in [0.5, 0.6) is 0 Å². The topological polar surface area (TPSA) is 77.0 Å². The van der Waals surface area contributed by atoms with Crippen molar-refractivity contribution in [2.45, 2.75) is 91.4 Å². The van der Waals surface area contributed by atoms with Gasteiger partial charge in [-0.3, -0.25) is 10.1 Å². The Labute approximate surface area is 231 Å². The van der Waals surface area contributed by atoms with Crippen molar-refractivity contribution in [3.8, 4) is 0 Å². The minimum absolute atomic E-state index is 0.00970. The lowest BCUT2D eigenvalue weighted by Crippen LogP contribution is -2.34. The van der Waals surface area contributed by atoms with Gasteiger partial charge in [-0.05, 0) is 90.0 Å². The summed E-state index contributed by atoms with van der Waals surface area (Å²) in [5.41, 5.74) is 0.330. The summed E-state index contributed by atoms with van der Waals surface area (Å²) in [6.45, 7) is 12.3. The maximum absolute atomic E-state index is 11.8. The number of hydrogen-bond acceptors (Lipinski definition) is 6. The Kier molecular flexibility index (Phi) is 18.2. The monoisotopic (exact) mass is 529 g/mol. The lowest BCUT2D eigenvalue weighted by molar-refractivity contribution is -0.148. The molecule has 0 amide bonds. The average Bonchev–Trinajstić information content (AvgIpc) is 2.90. The molecule has 3 atom stereocenters. The van der Waals surface area contributed by atoms with Crippen molar-refractivity contribution < 1.29 is 24.1 Å². The van der Waals surface area contributed by atoms with E-state index in [0.29, 0.717) is 19.8 Å². The number of nitrogens with one attached hydrogen (secondary N) is 1. The smallest absolute Gasteiger partial charge is 0.308 e. The molecule has 6 heteroatoms. The van der Waals surface area contributed by atoms with Crippen LogP contribution in [-0.4, -0.2) is 49.3 Å². The molecule has 1 aliphatic carbocycles. The number of hydrogen-bond donors (Lipinski definition) is 2. The molecule has 0 aromatic rings. The van der Waals surface area contributed by atoms with Crippen LogP contribution in [0.3, 0.4) is 0 Å². The molecular formula is C32H51NO5. The first-order chi connectivity index (χ1) is 18.4. The molecule has 3 unspecified atom stereocenters. The van der Waals surface area contributed by atoms with Gasteiger partial charge >= 0.3 is 5.97 Å². The quantitative estimate of drug-likeness (QED) is 0.0456. The Hall–Kier alpha value is -2.41. The number of carbonyl (C=O) groups excluding carboxylic acids is 1. The van der Waals surface area contributed by atoms with Crippen LogP contribution >= 0.6 is 0 Å². The van der Waals surface area contributed by atoms with E-state index >= 15 is 0 Å². The van der Waals surface area contributed by atoms with Crippen LogP contribution < -0.4 is 5.32 Å². The third-order valence-electron chi connectivity index (χ3n) is 6.24. The fourth-order valence-electron chi connectivity index (χ4n) is 4.11.